The van der Waals surface area contributed by atoms with Crippen molar-refractivity contribution in [3.8, 4) is 0 Å². The Labute approximate surface area is 66.3 Å². The molecule has 0 aromatic rings. The summed E-state index contributed by atoms with van der Waals surface area (Å²) in [5.41, 5.74) is 5.03. The van der Waals surface area contributed by atoms with Crippen LogP contribution in [-0.2, 0) is 9.53 Å². The van der Waals surface area contributed by atoms with Crippen LogP contribution >= 0.6 is 0 Å². The third-order valence-electron chi connectivity index (χ3n) is 1.24. The van der Waals surface area contributed by atoms with Crippen LogP contribution in [0, 0.1) is 0 Å². The number of hydrogen-bond donors (Lipinski definition) is 2. The van der Waals surface area contributed by atoms with Gasteiger partial charge in [-0.2, -0.15) is 0 Å². The van der Waals surface area contributed by atoms with Crippen LogP contribution in [0.3, 0.4) is 0 Å². The molecule has 0 aliphatic carbocycles. The molecule has 3 N–H and O–H groups in total. The molecule has 0 unspecified atom stereocenters. The Morgan fingerprint density at radius 3 is 2.82 bits per heavy atom. The molecule has 0 fully saturated rings. The Hall–Kier alpha value is -0.610. The smallest absolute Gasteiger partial charge is 0.336 e. The summed E-state index contributed by atoms with van der Waals surface area (Å²) >= 11 is 0. The summed E-state index contributed by atoms with van der Waals surface area (Å²) in [6.07, 6.45) is 0.626. The molecule has 0 saturated carbocycles. The van der Waals surface area contributed by atoms with E-state index in [1.165, 1.54) is 0 Å². The second-order valence-electron chi connectivity index (χ2n) is 2.27. The largest absolute Gasteiger partial charge is 0.464 e. The summed E-state index contributed by atoms with van der Waals surface area (Å²) in [5.74, 6) is -0.624. The lowest BCUT2D eigenvalue weighted by molar-refractivity contribution is -0.153. The predicted molar refractivity (Wildman–Crippen MR) is 40.9 cm³/mol. The predicted octanol–water partition coefficient (Wildman–Crippen LogP) is -0.351. The van der Waals surface area contributed by atoms with Gasteiger partial charge in [0.2, 0.25) is 0 Å². The molecule has 0 rings (SSSR count). The molecule has 66 valence electrons. The monoisotopic (exact) mass is 161 g/mol. The quantitative estimate of drug-likeness (QED) is 0.427. The first-order chi connectivity index (χ1) is 5.22. The number of nitrogens with two attached hydrogens (primary N) is 1. The van der Waals surface area contributed by atoms with E-state index in [1.807, 2.05) is 6.92 Å². The van der Waals surface area contributed by atoms with Gasteiger partial charge in [-0.15, -0.1) is 0 Å². The Bertz CT molecular complexity index is 116. The molecule has 0 aliphatic rings. The van der Waals surface area contributed by atoms with Crippen LogP contribution in [0.1, 0.15) is 19.8 Å². The van der Waals surface area contributed by atoms with E-state index in [0.29, 0.717) is 6.61 Å². The molecule has 0 spiro atoms. The molecule has 0 aliphatic heterocycles. The molecular formula is C7H15NO3. The van der Waals surface area contributed by atoms with Crippen LogP contribution < -0.4 is 5.73 Å². The van der Waals surface area contributed by atoms with Crippen LogP contribution in [0.4, 0.5) is 0 Å². The van der Waals surface area contributed by atoms with E-state index < -0.39 is 12.1 Å². The summed E-state index contributed by atoms with van der Waals surface area (Å²) in [6.45, 7) is 2.28. The van der Waals surface area contributed by atoms with E-state index in [1.54, 1.807) is 0 Å². The molecule has 0 amide bonds. The van der Waals surface area contributed by atoms with Crippen molar-refractivity contribution in [3.63, 3.8) is 0 Å². The maximum absolute atomic E-state index is 10.7. The van der Waals surface area contributed by atoms with Crippen LogP contribution in [0.15, 0.2) is 0 Å². The van der Waals surface area contributed by atoms with E-state index in [-0.39, 0.29) is 6.54 Å². The lowest BCUT2D eigenvalue weighted by Gasteiger charge is -2.06. The second-order valence-corrected chi connectivity index (χ2v) is 2.27. The molecule has 1 atom stereocenters. The fourth-order valence-electron chi connectivity index (χ4n) is 0.510. The van der Waals surface area contributed by atoms with E-state index >= 15 is 0 Å². The van der Waals surface area contributed by atoms with Gasteiger partial charge in [0.1, 0.15) is 0 Å². The summed E-state index contributed by atoms with van der Waals surface area (Å²) < 4.78 is 4.67. The second kappa shape index (κ2) is 6.12. The van der Waals surface area contributed by atoms with Gasteiger partial charge >= 0.3 is 5.97 Å². The van der Waals surface area contributed by atoms with Gasteiger partial charge in [0.15, 0.2) is 6.10 Å². The average molecular weight is 161 g/mol. The molecule has 4 heteroatoms. The Balaban J connectivity index is 3.36. The third-order valence-corrected chi connectivity index (χ3v) is 1.24. The molecule has 0 saturated heterocycles. The lowest BCUT2D eigenvalue weighted by atomic mass is 10.3. The highest BCUT2D eigenvalue weighted by molar-refractivity contribution is 5.74. The number of rotatable bonds is 5. The first kappa shape index (κ1) is 10.4. The van der Waals surface area contributed by atoms with Gasteiger partial charge in [-0.05, 0) is 6.42 Å². The highest BCUT2D eigenvalue weighted by atomic mass is 16.5. The Kier molecular flexibility index (Phi) is 5.78. The highest BCUT2D eigenvalue weighted by Crippen LogP contribution is 1.91. The van der Waals surface area contributed by atoms with Crippen molar-refractivity contribution in [2.75, 3.05) is 13.2 Å². The third kappa shape index (κ3) is 4.75. The minimum absolute atomic E-state index is 0.0784. The van der Waals surface area contributed by atoms with E-state index in [9.17, 15) is 4.79 Å². The molecule has 0 radical (unpaired) electrons. The van der Waals surface area contributed by atoms with E-state index in [0.717, 1.165) is 12.8 Å². The number of unbranched alkanes of at least 4 members (excludes halogenated alkanes) is 1. The van der Waals surface area contributed by atoms with Crippen molar-refractivity contribution in [2.45, 2.75) is 25.9 Å². The van der Waals surface area contributed by atoms with Crippen molar-refractivity contribution in [2.24, 2.45) is 5.73 Å². The molecule has 4 nitrogen and oxygen atoms in total. The minimum atomic E-state index is -1.16. The topological polar surface area (TPSA) is 72.5 Å². The molecule has 0 bridgehead atoms. The van der Waals surface area contributed by atoms with Crippen LogP contribution in [0.2, 0.25) is 0 Å². The molecule has 0 heterocycles. The van der Waals surface area contributed by atoms with Gasteiger partial charge in [0, 0.05) is 6.54 Å². The average Bonchev–Trinajstić information content (AvgIpc) is 2.03. The van der Waals surface area contributed by atoms with Gasteiger partial charge in [0.05, 0.1) is 6.61 Å². The molecule has 0 aromatic heterocycles. The van der Waals surface area contributed by atoms with Gasteiger partial charge in [-0.1, -0.05) is 13.3 Å². The van der Waals surface area contributed by atoms with Gasteiger partial charge in [-0.3, -0.25) is 0 Å². The van der Waals surface area contributed by atoms with Crippen molar-refractivity contribution >= 4 is 5.97 Å². The standard InChI is InChI=1S/C7H15NO3/c1-2-3-4-11-7(10)6(9)5-8/h6,9H,2-5,8H2,1H3/t6-/m0/s1. The van der Waals surface area contributed by atoms with E-state index in [4.69, 9.17) is 10.8 Å². The number of carbonyl (C=O) groups excluding carboxylic acids is 1. The van der Waals surface area contributed by atoms with Gasteiger partial charge in [-0.25, -0.2) is 4.79 Å². The fourth-order valence-corrected chi connectivity index (χ4v) is 0.510. The van der Waals surface area contributed by atoms with Crippen molar-refractivity contribution in [3.05, 3.63) is 0 Å². The zero-order valence-corrected chi connectivity index (χ0v) is 6.75. The molecule has 11 heavy (non-hydrogen) atoms. The minimum Gasteiger partial charge on any atom is -0.464 e. The Morgan fingerprint density at radius 2 is 2.36 bits per heavy atom. The van der Waals surface area contributed by atoms with Crippen molar-refractivity contribution in [1.82, 2.24) is 0 Å². The molecular weight excluding hydrogens is 146 g/mol. The summed E-state index contributed by atoms with van der Waals surface area (Å²) in [7, 11) is 0. The number of esters is 1. The number of carbonyl (C=O) groups is 1. The zero-order valence-electron chi connectivity index (χ0n) is 6.75. The molecule has 0 aromatic carbocycles. The number of hydrogen-bond acceptors (Lipinski definition) is 4. The van der Waals surface area contributed by atoms with Gasteiger partial charge in [0.25, 0.3) is 0 Å². The Morgan fingerprint density at radius 1 is 1.73 bits per heavy atom. The summed E-state index contributed by atoms with van der Waals surface area (Å²) in [6, 6.07) is 0. The number of ether oxygens (including phenoxy) is 1. The van der Waals surface area contributed by atoms with Crippen LogP contribution in [0.25, 0.3) is 0 Å². The van der Waals surface area contributed by atoms with Gasteiger partial charge < -0.3 is 15.6 Å². The van der Waals surface area contributed by atoms with Crippen LogP contribution in [-0.4, -0.2) is 30.3 Å². The van der Waals surface area contributed by atoms with E-state index in [2.05, 4.69) is 4.74 Å². The maximum Gasteiger partial charge on any atom is 0.336 e. The normalized spacial score (nSPS) is 12.6. The SMILES string of the molecule is CCCCOC(=O)[C@@H](O)CN. The van der Waals surface area contributed by atoms with Crippen molar-refractivity contribution in [1.29, 1.82) is 0 Å². The summed E-state index contributed by atoms with van der Waals surface area (Å²) in [4.78, 5) is 10.7. The first-order valence-corrected chi connectivity index (χ1v) is 3.77. The lowest BCUT2D eigenvalue weighted by Crippen LogP contribution is -2.31. The number of aliphatic hydroxyl groups excluding tert-OH is 1. The zero-order chi connectivity index (χ0) is 8.69. The highest BCUT2D eigenvalue weighted by Gasteiger charge is 2.13. The van der Waals surface area contributed by atoms with Crippen molar-refractivity contribution < 1.29 is 14.6 Å². The number of aliphatic hydroxyl groups is 1. The van der Waals surface area contributed by atoms with Crippen LogP contribution in [0.5, 0.6) is 0 Å². The summed E-state index contributed by atoms with van der Waals surface area (Å²) in [5, 5.41) is 8.83. The fraction of sp³-hybridized carbons (Fsp3) is 0.857. The maximum atomic E-state index is 10.7. The first-order valence-electron chi connectivity index (χ1n) is 3.77.